The van der Waals surface area contributed by atoms with Crippen molar-refractivity contribution in [1.29, 1.82) is 0 Å². The SMILES string of the molecule is CN=C(NCC(=O)Nc1ccc(F)cc1)NCC(CC(C)C)N1CCOCC1. The largest absolute Gasteiger partial charge is 0.379 e. The number of aliphatic imine (C=N–C) groups is 1. The van der Waals surface area contributed by atoms with Crippen LogP contribution in [0.2, 0.25) is 0 Å². The average Bonchev–Trinajstić information content (AvgIpc) is 2.69. The number of guanidine groups is 1. The first-order valence-electron chi connectivity index (χ1n) is 9.79. The van der Waals surface area contributed by atoms with Crippen molar-refractivity contribution in [3.63, 3.8) is 0 Å². The van der Waals surface area contributed by atoms with Gasteiger partial charge in [-0.25, -0.2) is 4.39 Å². The summed E-state index contributed by atoms with van der Waals surface area (Å²) in [6, 6.07) is 6.06. The third kappa shape index (κ3) is 7.82. The highest BCUT2D eigenvalue weighted by atomic mass is 19.1. The molecule has 1 aliphatic heterocycles. The Hall–Kier alpha value is -2.19. The molecule has 1 unspecified atom stereocenters. The van der Waals surface area contributed by atoms with Crippen LogP contribution in [0.25, 0.3) is 0 Å². The van der Waals surface area contributed by atoms with Gasteiger partial charge in [0.15, 0.2) is 5.96 Å². The number of hydrogen-bond acceptors (Lipinski definition) is 4. The molecule has 1 saturated heterocycles. The van der Waals surface area contributed by atoms with E-state index >= 15 is 0 Å². The Balaban J connectivity index is 1.79. The molecule has 0 radical (unpaired) electrons. The van der Waals surface area contributed by atoms with Gasteiger partial charge in [-0.1, -0.05) is 13.8 Å². The minimum absolute atomic E-state index is 0.0729. The second-order valence-electron chi connectivity index (χ2n) is 7.29. The fourth-order valence-electron chi connectivity index (χ4n) is 3.19. The first-order chi connectivity index (χ1) is 13.5. The number of hydrogen-bond donors (Lipinski definition) is 3. The number of amides is 1. The maximum atomic E-state index is 12.9. The smallest absolute Gasteiger partial charge is 0.243 e. The summed E-state index contributed by atoms with van der Waals surface area (Å²) in [4.78, 5) is 18.7. The molecule has 8 heteroatoms. The lowest BCUT2D eigenvalue weighted by atomic mass is 10.0. The summed E-state index contributed by atoms with van der Waals surface area (Å²) in [5, 5.41) is 9.07. The molecule has 1 atom stereocenters. The molecule has 1 aromatic carbocycles. The maximum absolute atomic E-state index is 12.9. The van der Waals surface area contributed by atoms with Gasteiger partial charge in [-0.3, -0.25) is 14.7 Å². The van der Waals surface area contributed by atoms with Crippen LogP contribution in [0.3, 0.4) is 0 Å². The molecule has 1 fully saturated rings. The van der Waals surface area contributed by atoms with Crippen LogP contribution >= 0.6 is 0 Å². The number of carbonyl (C=O) groups is 1. The van der Waals surface area contributed by atoms with Gasteiger partial charge in [-0.15, -0.1) is 0 Å². The van der Waals surface area contributed by atoms with Crippen LogP contribution in [0, 0.1) is 11.7 Å². The van der Waals surface area contributed by atoms with E-state index in [1.807, 2.05) is 0 Å². The second kappa shape index (κ2) is 11.6. The summed E-state index contributed by atoms with van der Waals surface area (Å²) in [5.74, 6) is 0.612. The molecule has 0 bridgehead atoms. The molecular formula is C20H32FN5O2. The highest BCUT2D eigenvalue weighted by Crippen LogP contribution is 2.13. The minimum Gasteiger partial charge on any atom is -0.379 e. The monoisotopic (exact) mass is 393 g/mol. The van der Waals surface area contributed by atoms with Crippen LogP contribution in [-0.4, -0.2) is 69.2 Å². The van der Waals surface area contributed by atoms with E-state index in [0.29, 0.717) is 23.6 Å². The average molecular weight is 394 g/mol. The van der Waals surface area contributed by atoms with E-state index in [-0.39, 0.29) is 18.3 Å². The molecule has 0 saturated carbocycles. The van der Waals surface area contributed by atoms with E-state index in [2.05, 4.69) is 39.7 Å². The third-order valence-electron chi connectivity index (χ3n) is 4.58. The molecule has 0 spiro atoms. The van der Waals surface area contributed by atoms with E-state index in [4.69, 9.17) is 4.74 Å². The first kappa shape index (κ1) is 22.1. The Kier molecular flexibility index (Phi) is 9.16. The Morgan fingerprint density at radius 2 is 1.89 bits per heavy atom. The van der Waals surface area contributed by atoms with Crippen LogP contribution < -0.4 is 16.0 Å². The number of carbonyl (C=O) groups excluding carboxylic acids is 1. The van der Waals surface area contributed by atoms with Gasteiger partial charge in [0.05, 0.1) is 19.8 Å². The fourth-order valence-corrected chi connectivity index (χ4v) is 3.19. The Morgan fingerprint density at radius 3 is 2.50 bits per heavy atom. The molecule has 1 aromatic rings. The van der Waals surface area contributed by atoms with Crippen LogP contribution in [0.1, 0.15) is 20.3 Å². The molecule has 1 heterocycles. The van der Waals surface area contributed by atoms with Gasteiger partial charge in [0, 0.05) is 38.4 Å². The summed E-state index contributed by atoms with van der Waals surface area (Å²) in [6.45, 7) is 8.67. The zero-order chi connectivity index (χ0) is 20.4. The lowest BCUT2D eigenvalue weighted by Crippen LogP contribution is -2.51. The van der Waals surface area contributed by atoms with Crippen molar-refractivity contribution in [2.24, 2.45) is 10.9 Å². The Labute approximate surface area is 166 Å². The predicted molar refractivity (Wildman–Crippen MR) is 110 cm³/mol. The van der Waals surface area contributed by atoms with E-state index < -0.39 is 0 Å². The summed E-state index contributed by atoms with van der Waals surface area (Å²) >= 11 is 0. The molecule has 0 aliphatic carbocycles. The number of ether oxygens (including phenoxy) is 1. The Bertz CT molecular complexity index is 630. The lowest BCUT2D eigenvalue weighted by molar-refractivity contribution is -0.115. The fraction of sp³-hybridized carbons (Fsp3) is 0.600. The van der Waals surface area contributed by atoms with Gasteiger partial charge < -0.3 is 20.7 Å². The highest BCUT2D eigenvalue weighted by molar-refractivity contribution is 5.94. The first-order valence-corrected chi connectivity index (χ1v) is 9.79. The number of halogens is 1. The van der Waals surface area contributed by atoms with Crippen molar-refractivity contribution in [1.82, 2.24) is 15.5 Å². The highest BCUT2D eigenvalue weighted by Gasteiger charge is 2.22. The summed E-state index contributed by atoms with van der Waals surface area (Å²) in [7, 11) is 1.68. The van der Waals surface area contributed by atoms with Gasteiger partial charge >= 0.3 is 0 Å². The van der Waals surface area contributed by atoms with E-state index in [1.54, 1.807) is 7.05 Å². The van der Waals surface area contributed by atoms with E-state index in [1.165, 1.54) is 24.3 Å². The molecule has 0 aromatic heterocycles. The lowest BCUT2D eigenvalue weighted by Gasteiger charge is -2.35. The zero-order valence-corrected chi connectivity index (χ0v) is 17.0. The van der Waals surface area contributed by atoms with Gasteiger partial charge in [-0.05, 0) is 36.6 Å². The molecule has 3 N–H and O–H groups in total. The summed E-state index contributed by atoms with van der Waals surface area (Å²) in [6.07, 6.45) is 1.08. The standard InChI is InChI=1S/C20H32FN5O2/c1-15(2)12-18(26-8-10-28-11-9-26)13-23-20(22-3)24-14-19(27)25-17-6-4-16(21)5-7-17/h4-7,15,18H,8-14H2,1-3H3,(H,25,27)(H2,22,23,24). The topological polar surface area (TPSA) is 78.0 Å². The number of anilines is 1. The van der Waals surface area contributed by atoms with Crippen molar-refractivity contribution in [2.45, 2.75) is 26.3 Å². The minimum atomic E-state index is -0.336. The second-order valence-corrected chi connectivity index (χ2v) is 7.29. The Morgan fingerprint density at radius 1 is 1.21 bits per heavy atom. The van der Waals surface area contributed by atoms with Crippen LogP contribution in [0.15, 0.2) is 29.3 Å². The number of nitrogens with one attached hydrogen (secondary N) is 3. The van der Waals surface area contributed by atoms with E-state index in [9.17, 15) is 9.18 Å². The molecule has 1 amide bonds. The van der Waals surface area contributed by atoms with Crippen molar-refractivity contribution < 1.29 is 13.9 Å². The molecule has 2 rings (SSSR count). The normalized spacial score (nSPS) is 16.7. The molecule has 156 valence electrons. The maximum Gasteiger partial charge on any atom is 0.243 e. The van der Waals surface area contributed by atoms with Gasteiger partial charge in [-0.2, -0.15) is 0 Å². The van der Waals surface area contributed by atoms with Crippen LogP contribution in [-0.2, 0) is 9.53 Å². The third-order valence-corrected chi connectivity index (χ3v) is 4.58. The molecule has 28 heavy (non-hydrogen) atoms. The number of benzene rings is 1. The van der Waals surface area contributed by atoms with Crippen molar-refractivity contribution in [2.75, 3.05) is 51.8 Å². The summed E-state index contributed by atoms with van der Waals surface area (Å²) < 4.78 is 18.4. The summed E-state index contributed by atoms with van der Waals surface area (Å²) in [5.41, 5.74) is 0.556. The number of morpholine rings is 1. The van der Waals surface area contributed by atoms with Crippen molar-refractivity contribution in [3.8, 4) is 0 Å². The van der Waals surface area contributed by atoms with Crippen molar-refractivity contribution in [3.05, 3.63) is 30.1 Å². The molecular weight excluding hydrogens is 361 g/mol. The molecule has 7 nitrogen and oxygen atoms in total. The van der Waals surface area contributed by atoms with Crippen LogP contribution in [0.5, 0.6) is 0 Å². The van der Waals surface area contributed by atoms with Gasteiger partial charge in [0.2, 0.25) is 5.91 Å². The number of nitrogens with zero attached hydrogens (tertiary/aromatic N) is 2. The predicted octanol–water partition coefficient (Wildman–Crippen LogP) is 1.68. The zero-order valence-electron chi connectivity index (χ0n) is 17.0. The van der Waals surface area contributed by atoms with Crippen molar-refractivity contribution >= 4 is 17.6 Å². The number of rotatable bonds is 8. The quantitative estimate of drug-likeness (QED) is 0.463. The van der Waals surface area contributed by atoms with Gasteiger partial charge in [0.25, 0.3) is 0 Å². The van der Waals surface area contributed by atoms with Crippen LogP contribution in [0.4, 0.5) is 10.1 Å². The molecule has 1 aliphatic rings. The van der Waals surface area contributed by atoms with Gasteiger partial charge in [0.1, 0.15) is 5.82 Å². The van der Waals surface area contributed by atoms with E-state index in [0.717, 1.165) is 39.3 Å².